The van der Waals surface area contributed by atoms with E-state index in [0.717, 1.165) is 91.9 Å². The lowest BCUT2D eigenvalue weighted by Crippen LogP contribution is -2.52. The van der Waals surface area contributed by atoms with Gasteiger partial charge in [-0.15, -0.1) is 0 Å². The third-order valence-corrected chi connectivity index (χ3v) is 10.3. The average molecular weight is 717 g/mol. The lowest BCUT2D eigenvalue weighted by Gasteiger charge is -2.44. The van der Waals surface area contributed by atoms with Crippen molar-refractivity contribution in [2.24, 2.45) is 12.5 Å². The fourth-order valence-corrected chi connectivity index (χ4v) is 7.31. The number of piperidine rings is 1. The first-order chi connectivity index (χ1) is 25.5. The van der Waals surface area contributed by atoms with Gasteiger partial charge in [-0.3, -0.25) is 9.58 Å². The van der Waals surface area contributed by atoms with Gasteiger partial charge in [-0.1, -0.05) is 67.6 Å². The summed E-state index contributed by atoms with van der Waals surface area (Å²) in [6.45, 7) is 15.4. The number of nitrogens with zero attached hydrogens (tertiary/aromatic N) is 6. The van der Waals surface area contributed by atoms with Gasteiger partial charge in [-0.05, 0) is 74.4 Å². The maximum atomic E-state index is 12.6. The number of fused-ring (bicyclic) bond motifs is 1. The number of ether oxygens (including phenoxy) is 3. The van der Waals surface area contributed by atoms with Gasteiger partial charge in [0.1, 0.15) is 24.5 Å². The molecule has 3 aromatic carbocycles. The first-order valence-electron chi connectivity index (χ1n) is 18.8. The summed E-state index contributed by atoms with van der Waals surface area (Å²) in [7, 11) is 2.00. The molecule has 0 saturated carbocycles. The minimum Gasteiger partial charge on any atom is -0.473 e. The number of hydrogen-bond donors (Lipinski definition) is 0. The van der Waals surface area contributed by atoms with Crippen molar-refractivity contribution >= 4 is 22.7 Å². The molecule has 2 aliphatic rings. The summed E-state index contributed by atoms with van der Waals surface area (Å²) in [6, 6.07) is 30.7. The van der Waals surface area contributed by atoms with Crippen molar-refractivity contribution in [3.8, 4) is 23.0 Å². The van der Waals surface area contributed by atoms with Crippen LogP contribution in [-0.4, -0.2) is 82.1 Å². The van der Waals surface area contributed by atoms with Crippen LogP contribution in [0.4, 0.5) is 10.5 Å². The molecule has 10 nitrogen and oxygen atoms in total. The van der Waals surface area contributed by atoms with Crippen molar-refractivity contribution in [1.29, 1.82) is 0 Å². The molecule has 53 heavy (non-hydrogen) atoms. The molecule has 0 radical (unpaired) electrons. The van der Waals surface area contributed by atoms with Crippen molar-refractivity contribution in [2.75, 3.05) is 50.7 Å². The highest BCUT2D eigenvalue weighted by molar-refractivity contribution is 5.96. The lowest BCUT2D eigenvalue weighted by atomic mass is 9.80. The monoisotopic (exact) mass is 716 g/mol. The van der Waals surface area contributed by atoms with E-state index in [1.54, 1.807) is 0 Å². The minimum atomic E-state index is -0.468. The maximum Gasteiger partial charge on any atom is 0.410 e. The molecule has 1 amide bonds. The quantitative estimate of drug-likeness (QED) is 0.144. The number of likely N-dealkylation sites (tertiary alicyclic amines) is 1. The predicted octanol–water partition coefficient (Wildman–Crippen LogP) is 7.95. The highest BCUT2D eigenvalue weighted by Crippen LogP contribution is 2.37. The van der Waals surface area contributed by atoms with E-state index in [4.69, 9.17) is 24.3 Å². The Balaban J connectivity index is 1.02. The summed E-state index contributed by atoms with van der Waals surface area (Å²) >= 11 is 0. The van der Waals surface area contributed by atoms with Crippen molar-refractivity contribution in [2.45, 2.75) is 59.4 Å². The zero-order valence-electron chi connectivity index (χ0n) is 31.8. The average Bonchev–Trinajstić information content (AvgIpc) is 3.48. The maximum absolute atomic E-state index is 12.6. The molecular formula is C43H52N6O4. The molecule has 0 unspecified atom stereocenters. The lowest BCUT2D eigenvalue weighted by molar-refractivity contribution is 0.00723. The molecule has 10 heteroatoms. The van der Waals surface area contributed by atoms with E-state index in [2.05, 4.69) is 34.9 Å². The van der Waals surface area contributed by atoms with Gasteiger partial charge in [0.05, 0.1) is 11.1 Å². The number of anilines is 1. The van der Waals surface area contributed by atoms with Crippen LogP contribution in [0.25, 0.3) is 22.2 Å². The summed E-state index contributed by atoms with van der Waals surface area (Å²) < 4.78 is 20.0. The van der Waals surface area contributed by atoms with Gasteiger partial charge < -0.3 is 24.0 Å². The number of aromatic nitrogens is 3. The molecule has 0 N–H and O–H groups in total. The number of carbonyl (C=O) groups is 1. The second-order valence-electron chi connectivity index (χ2n) is 15.8. The Bertz CT molecular complexity index is 1990. The molecule has 0 aliphatic carbocycles. The Kier molecular flexibility index (Phi) is 10.6. The van der Waals surface area contributed by atoms with Gasteiger partial charge in [0.25, 0.3) is 0 Å². The van der Waals surface area contributed by atoms with Gasteiger partial charge in [-0.25, -0.2) is 4.79 Å². The van der Waals surface area contributed by atoms with Crippen LogP contribution in [-0.2, 0) is 25.0 Å². The van der Waals surface area contributed by atoms with E-state index in [1.165, 1.54) is 5.69 Å². The molecule has 0 bridgehead atoms. The molecular weight excluding hydrogens is 665 g/mol. The number of piperazine rings is 1. The van der Waals surface area contributed by atoms with Gasteiger partial charge in [0.2, 0.25) is 11.8 Å². The second-order valence-corrected chi connectivity index (χ2v) is 15.8. The number of amides is 1. The number of carbonyl (C=O) groups excluding carboxylic acids is 1. The van der Waals surface area contributed by atoms with Crippen LogP contribution < -0.4 is 14.4 Å². The number of benzene rings is 3. The molecule has 278 valence electrons. The number of pyridine rings is 1. The van der Waals surface area contributed by atoms with E-state index < -0.39 is 5.60 Å². The third-order valence-electron chi connectivity index (χ3n) is 10.3. The van der Waals surface area contributed by atoms with Crippen molar-refractivity contribution in [3.05, 3.63) is 102 Å². The zero-order chi connectivity index (χ0) is 37.0. The summed E-state index contributed by atoms with van der Waals surface area (Å²) in [6.07, 6.45) is 1.79. The van der Waals surface area contributed by atoms with Gasteiger partial charge >= 0.3 is 6.09 Å². The van der Waals surface area contributed by atoms with Crippen LogP contribution in [0.15, 0.2) is 91.0 Å². The fourth-order valence-electron chi connectivity index (χ4n) is 7.31. The van der Waals surface area contributed by atoms with Crippen LogP contribution in [0.3, 0.4) is 0 Å². The Morgan fingerprint density at radius 1 is 0.792 bits per heavy atom. The Hall–Kier alpha value is -5.09. The highest BCUT2D eigenvalue weighted by atomic mass is 16.6. The molecule has 4 heterocycles. The van der Waals surface area contributed by atoms with Crippen LogP contribution in [0.5, 0.6) is 11.8 Å². The largest absolute Gasteiger partial charge is 0.473 e. The fraction of sp³-hybridized carbons (Fsp3) is 0.419. The van der Waals surface area contributed by atoms with Gasteiger partial charge in [0, 0.05) is 70.0 Å². The normalized spacial score (nSPS) is 16.5. The molecule has 2 aliphatic heterocycles. The van der Waals surface area contributed by atoms with Gasteiger partial charge in [-0.2, -0.15) is 10.1 Å². The van der Waals surface area contributed by atoms with Crippen LogP contribution in [0, 0.1) is 5.41 Å². The molecule has 2 saturated heterocycles. The molecule has 2 aromatic heterocycles. The van der Waals surface area contributed by atoms with E-state index in [9.17, 15) is 4.79 Å². The van der Waals surface area contributed by atoms with E-state index in [1.807, 2.05) is 110 Å². The number of rotatable bonds is 10. The topological polar surface area (TPSA) is 85.2 Å². The van der Waals surface area contributed by atoms with Crippen LogP contribution >= 0.6 is 0 Å². The molecule has 0 atom stereocenters. The molecule has 5 aromatic rings. The summed E-state index contributed by atoms with van der Waals surface area (Å²) in [5.41, 5.74) is 5.77. The van der Waals surface area contributed by atoms with Crippen molar-refractivity contribution in [3.63, 3.8) is 0 Å². The standard InChI is InChI=1S/C43H52N6O4/c1-42(2,3)53-41(50)49-22-20-43(4,21-23-49)31-47-24-26-48(27-25-47)34-16-17-35-37(28-34)46(5)45-39(35)36-18-19-38(51-29-32-12-8-6-9-13-32)44-40(36)52-30-33-14-10-7-11-15-33/h6-19,28H,20-27,29-31H2,1-5H3. The second kappa shape index (κ2) is 15.5. The van der Waals surface area contributed by atoms with Crippen LogP contribution in [0.2, 0.25) is 0 Å². The number of hydrogen-bond acceptors (Lipinski definition) is 8. The highest BCUT2D eigenvalue weighted by Gasteiger charge is 2.35. The van der Waals surface area contributed by atoms with Crippen molar-refractivity contribution in [1.82, 2.24) is 24.6 Å². The van der Waals surface area contributed by atoms with Gasteiger partial charge in [0.15, 0.2) is 0 Å². The summed E-state index contributed by atoms with van der Waals surface area (Å²) in [5.74, 6) is 0.992. The minimum absolute atomic E-state index is 0.190. The predicted molar refractivity (Wildman–Crippen MR) is 209 cm³/mol. The molecule has 0 spiro atoms. The zero-order valence-corrected chi connectivity index (χ0v) is 31.8. The smallest absolute Gasteiger partial charge is 0.410 e. The Labute approximate surface area is 313 Å². The van der Waals surface area contributed by atoms with E-state index >= 15 is 0 Å². The summed E-state index contributed by atoms with van der Waals surface area (Å²) in [5, 5.41) is 6.05. The first kappa shape index (κ1) is 36.3. The molecule has 2 fully saturated rings. The Morgan fingerprint density at radius 2 is 1.43 bits per heavy atom. The third kappa shape index (κ3) is 8.93. The number of aryl methyl sites for hydroxylation is 1. The van der Waals surface area contributed by atoms with E-state index in [0.29, 0.717) is 25.0 Å². The van der Waals surface area contributed by atoms with E-state index in [-0.39, 0.29) is 11.5 Å². The summed E-state index contributed by atoms with van der Waals surface area (Å²) in [4.78, 5) is 24.4. The van der Waals surface area contributed by atoms with Crippen molar-refractivity contribution < 1.29 is 19.0 Å². The molecule has 7 rings (SSSR count). The van der Waals surface area contributed by atoms with Crippen LogP contribution in [0.1, 0.15) is 51.7 Å². The SMILES string of the molecule is Cn1nc(-c2ccc(OCc3ccccc3)nc2OCc2ccccc2)c2ccc(N3CCN(CC4(C)CCN(C(=O)OC(C)(C)C)CC4)CC3)cc21. The first-order valence-corrected chi connectivity index (χ1v) is 18.8. The Morgan fingerprint density at radius 3 is 2.08 bits per heavy atom.